The van der Waals surface area contributed by atoms with Crippen LogP contribution in [0.4, 0.5) is 0 Å². The number of aliphatic hydroxyl groups excluding tert-OH is 1. The Labute approximate surface area is 77.8 Å². The highest BCUT2D eigenvalue weighted by molar-refractivity contribution is 5.36. The van der Waals surface area contributed by atoms with Crippen LogP contribution in [0.15, 0.2) is 18.2 Å². The maximum Gasteiger partial charge on any atom is 0.119 e. The number of hydrogen-bond acceptors (Lipinski definition) is 3. The Hall–Kier alpha value is -1.06. The van der Waals surface area contributed by atoms with Gasteiger partial charge in [-0.3, -0.25) is 0 Å². The number of phenolic OH excluding ortho intramolecular Hbond substituents is 1. The van der Waals surface area contributed by atoms with Crippen LogP contribution in [0.2, 0.25) is 0 Å². The van der Waals surface area contributed by atoms with Crippen molar-refractivity contribution in [3.8, 4) is 5.75 Å². The Morgan fingerprint density at radius 1 is 1.46 bits per heavy atom. The zero-order valence-electron chi connectivity index (χ0n) is 7.70. The van der Waals surface area contributed by atoms with Gasteiger partial charge in [0.2, 0.25) is 0 Å². The summed E-state index contributed by atoms with van der Waals surface area (Å²) >= 11 is 0. The predicted molar refractivity (Wildman–Crippen MR) is 51.6 cm³/mol. The zero-order valence-corrected chi connectivity index (χ0v) is 7.70. The SMILES string of the molecule is Cc1ccc(CC(N)CO)c(O)c1. The number of benzene rings is 1. The third-order valence-corrected chi connectivity index (χ3v) is 1.96. The largest absolute Gasteiger partial charge is 0.508 e. The normalized spacial score (nSPS) is 12.8. The van der Waals surface area contributed by atoms with Gasteiger partial charge in [0.15, 0.2) is 0 Å². The minimum absolute atomic E-state index is 0.0622. The number of rotatable bonds is 3. The molecule has 0 aromatic heterocycles. The highest BCUT2D eigenvalue weighted by atomic mass is 16.3. The summed E-state index contributed by atoms with van der Waals surface area (Å²) in [4.78, 5) is 0. The van der Waals surface area contributed by atoms with Crippen LogP contribution in [0.1, 0.15) is 11.1 Å². The minimum Gasteiger partial charge on any atom is -0.508 e. The van der Waals surface area contributed by atoms with E-state index in [4.69, 9.17) is 10.8 Å². The first kappa shape index (κ1) is 10.0. The van der Waals surface area contributed by atoms with E-state index in [9.17, 15) is 5.11 Å². The molecule has 0 amide bonds. The Balaban J connectivity index is 2.77. The van der Waals surface area contributed by atoms with Crippen molar-refractivity contribution in [1.29, 1.82) is 0 Å². The first-order valence-electron chi connectivity index (χ1n) is 4.28. The molecule has 3 heteroatoms. The summed E-state index contributed by atoms with van der Waals surface area (Å²) in [5, 5.41) is 18.2. The van der Waals surface area contributed by atoms with Crippen molar-refractivity contribution in [2.75, 3.05) is 6.61 Å². The molecule has 0 saturated carbocycles. The highest BCUT2D eigenvalue weighted by Gasteiger charge is 2.06. The lowest BCUT2D eigenvalue weighted by atomic mass is 10.0. The fourth-order valence-corrected chi connectivity index (χ4v) is 1.19. The highest BCUT2D eigenvalue weighted by Crippen LogP contribution is 2.19. The van der Waals surface area contributed by atoms with Gasteiger partial charge in [-0.05, 0) is 30.5 Å². The average molecular weight is 181 g/mol. The smallest absolute Gasteiger partial charge is 0.119 e. The van der Waals surface area contributed by atoms with Crippen LogP contribution in [0.3, 0.4) is 0 Å². The van der Waals surface area contributed by atoms with Gasteiger partial charge >= 0.3 is 0 Å². The summed E-state index contributed by atoms with van der Waals surface area (Å²) in [5.74, 6) is 0.254. The molecule has 4 N–H and O–H groups in total. The van der Waals surface area contributed by atoms with Crippen LogP contribution < -0.4 is 5.73 Å². The second-order valence-corrected chi connectivity index (χ2v) is 3.28. The van der Waals surface area contributed by atoms with Crippen LogP contribution in [0.5, 0.6) is 5.75 Å². The molecule has 0 saturated heterocycles. The lowest BCUT2D eigenvalue weighted by Crippen LogP contribution is -2.26. The number of aromatic hydroxyl groups is 1. The monoisotopic (exact) mass is 181 g/mol. The van der Waals surface area contributed by atoms with E-state index in [2.05, 4.69) is 0 Å². The predicted octanol–water partition coefficient (Wildman–Crippen LogP) is 0.563. The van der Waals surface area contributed by atoms with Crippen molar-refractivity contribution in [2.24, 2.45) is 5.73 Å². The molecule has 0 spiro atoms. The molecule has 0 fully saturated rings. The topological polar surface area (TPSA) is 66.5 Å². The number of nitrogens with two attached hydrogens (primary N) is 1. The van der Waals surface area contributed by atoms with E-state index in [1.165, 1.54) is 0 Å². The van der Waals surface area contributed by atoms with Crippen molar-refractivity contribution < 1.29 is 10.2 Å². The molecule has 1 aromatic rings. The van der Waals surface area contributed by atoms with Crippen molar-refractivity contribution in [3.05, 3.63) is 29.3 Å². The van der Waals surface area contributed by atoms with Crippen LogP contribution in [-0.2, 0) is 6.42 Å². The zero-order chi connectivity index (χ0) is 9.84. The number of aliphatic hydroxyl groups is 1. The van der Waals surface area contributed by atoms with Gasteiger partial charge in [-0.1, -0.05) is 12.1 Å². The molecule has 0 aliphatic rings. The maximum atomic E-state index is 9.50. The second kappa shape index (κ2) is 4.25. The third kappa shape index (κ3) is 2.72. The maximum absolute atomic E-state index is 9.50. The number of aryl methyl sites for hydroxylation is 1. The molecule has 0 bridgehead atoms. The summed E-state index contributed by atoms with van der Waals surface area (Å²) in [6, 6.07) is 5.15. The van der Waals surface area contributed by atoms with Crippen LogP contribution in [0.25, 0.3) is 0 Å². The second-order valence-electron chi connectivity index (χ2n) is 3.28. The number of hydrogen-bond donors (Lipinski definition) is 3. The van der Waals surface area contributed by atoms with Crippen LogP contribution >= 0.6 is 0 Å². The molecule has 13 heavy (non-hydrogen) atoms. The molecule has 3 nitrogen and oxygen atoms in total. The molecular weight excluding hydrogens is 166 g/mol. The first-order chi connectivity index (χ1) is 6.13. The van der Waals surface area contributed by atoms with Gasteiger partial charge in [-0.15, -0.1) is 0 Å². The summed E-state index contributed by atoms with van der Waals surface area (Å²) in [6.45, 7) is 1.85. The molecule has 1 unspecified atom stereocenters. The van der Waals surface area contributed by atoms with E-state index in [-0.39, 0.29) is 18.4 Å². The molecule has 72 valence electrons. The summed E-state index contributed by atoms with van der Waals surface area (Å²) in [7, 11) is 0. The van der Waals surface area contributed by atoms with Crippen LogP contribution in [0, 0.1) is 6.92 Å². The van der Waals surface area contributed by atoms with Crippen molar-refractivity contribution in [1.82, 2.24) is 0 Å². The van der Waals surface area contributed by atoms with E-state index in [0.29, 0.717) is 6.42 Å². The quantitative estimate of drug-likeness (QED) is 0.638. The average Bonchev–Trinajstić information content (AvgIpc) is 2.09. The fraction of sp³-hybridized carbons (Fsp3) is 0.400. The molecule has 0 heterocycles. The molecular formula is C10H15NO2. The van der Waals surface area contributed by atoms with E-state index < -0.39 is 0 Å². The van der Waals surface area contributed by atoms with Gasteiger partial charge in [0.1, 0.15) is 5.75 Å². The molecule has 0 aliphatic heterocycles. The Kier molecular flexibility index (Phi) is 3.28. The van der Waals surface area contributed by atoms with E-state index in [0.717, 1.165) is 11.1 Å². The Morgan fingerprint density at radius 2 is 2.15 bits per heavy atom. The lowest BCUT2D eigenvalue weighted by Gasteiger charge is -2.09. The van der Waals surface area contributed by atoms with E-state index >= 15 is 0 Å². The fourth-order valence-electron chi connectivity index (χ4n) is 1.19. The third-order valence-electron chi connectivity index (χ3n) is 1.96. The standard InChI is InChI=1S/C10H15NO2/c1-7-2-3-8(10(13)4-7)5-9(11)6-12/h2-4,9,12-13H,5-6,11H2,1H3. The van der Waals surface area contributed by atoms with Gasteiger partial charge in [0.05, 0.1) is 6.61 Å². The molecule has 0 aliphatic carbocycles. The Bertz CT molecular complexity index is 286. The minimum atomic E-state index is -0.298. The summed E-state index contributed by atoms with van der Waals surface area (Å²) < 4.78 is 0. The molecule has 1 atom stereocenters. The van der Waals surface area contributed by atoms with E-state index in [1.54, 1.807) is 6.07 Å². The van der Waals surface area contributed by atoms with Gasteiger partial charge in [-0.25, -0.2) is 0 Å². The van der Waals surface area contributed by atoms with Crippen molar-refractivity contribution in [3.63, 3.8) is 0 Å². The Morgan fingerprint density at radius 3 is 2.69 bits per heavy atom. The van der Waals surface area contributed by atoms with Crippen molar-refractivity contribution in [2.45, 2.75) is 19.4 Å². The number of phenols is 1. The van der Waals surface area contributed by atoms with Crippen molar-refractivity contribution >= 4 is 0 Å². The van der Waals surface area contributed by atoms with Gasteiger partial charge in [0, 0.05) is 6.04 Å². The van der Waals surface area contributed by atoms with Gasteiger partial charge in [0.25, 0.3) is 0 Å². The molecule has 1 aromatic carbocycles. The van der Waals surface area contributed by atoms with Gasteiger partial charge in [-0.2, -0.15) is 0 Å². The van der Waals surface area contributed by atoms with Crippen LogP contribution in [-0.4, -0.2) is 22.9 Å². The van der Waals surface area contributed by atoms with Gasteiger partial charge < -0.3 is 15.9 Å². The summed E-state index contributed by atoms with van der Waals surface area (Å²) in [5.41, 5.74) is 7.35. The van der Waals surface area contributed by atoms with E-state index in [1.807, 2.05) is 19.1 Å². The lowest BCUT2D eigenvalue weighted by molar-refractivity contribution is 0.264. The first-order valence-corrected chi connectivity index (χ1v) is 4.28. The molecule has 1 rings (SSSR count). The molecule has 0 radical (unpaired) electrons. The summed E-state index contributed by atoms with van der Waals surface area (Å²) in [6.07, 6.45) is 0.503.